The Morgan fingerprint density at radius 3 is 2.93 bits per heavy atom. The minimum atomic E-state index is 0.0947. The van der Waals surface area contributed by atoms with E-state index < -0.39 is 0 Å². The molecule has 0 saturated heterocycles. The van der Waals surface area contributed by atoms with Crippen LogP contribution in [0.25, 0.3) is 0 Å². The second-order valence-electron chi connectivity index (χ2n) is 3.45. The standard InChI is InChI=1S/C12H13N3/c13-12(14)10-5-3-4-9(8-10)11-6-1-2-7-15-11/h1,3-6,8H,2,7H2,(H3,13,14). The molecule has 0 bridgehead atoms. The quantitative estimate of drug-likeness (QED) is 0.553. The molecule has 3 heteroatoms. The number of dihydropyridines is 1. The van der Waals surface area contributed by atoms with Gasteiger partial charge in [-0.05, 0) is 18.6 Å². The summed E-state index contributed by atoms with van der Waals surface area (Å²) < 4.78 is 0. The molecule has 1 aromatic rings. The van der Waals surface area contributed by atoms with Crippen molar-refractivity contribution < 1.29 is 0 Å². The highest BCUT2D eigenvalue weighted by molar-refractivity contribution is 6.10. The summed E-state index contributed by atoms with van der Waals surface area (Å²) in [4.78, 5) is 4.42. The molecule has 0 aliphatic carbocycles. The van der Waals surface area contributed by atoms with Crippen LogP contribution in [0.4, 0.5) is 0 Å². The molecule has 0 radical (unpaired) electrons. The molecule has 3 nitrogen and oxygen atoms in total. The zero-order valence-electron chi connectivity index (χ0n) is 8.40. The van der Waals surface area contributed by atoms with E-state index in [1.54, 1.807) is 0 Å². The zero-order chi connectivity index (χ0) is 10.7. The largest absolute Gasteiger partial charge is 0.384 e. The third-order valence-electron chi connectivity index (χ3n) is 2.32. The summed E-state index contributed by atoms with van der Waals surface area (Å²) in [5.74, 6) is 0.0947. The van der Waals surface area contributed by atoms with E-state index in [1.165, 1.54) is 0 Å². The van der Waals surface area contributed by atoms with Gasteiger partial charge in [0.15, 0.2) is 0 Å². The third kappa shape index (κ3) is 2.13. The van der Waals surface area contributed by atoms with Crippen molar-refractivity contribution in [3.63, 3.8) is 0 Å². The van der Waals surface area contributed by atoms with Crippen molar-refractivity contribution in [3.05, 3.63) is 47.5 Å². The summed E-state index contributed by atoms with van der Waals surface area (Å²) in [6.07, 6.45) is 5.14. The van der Waals surface area contributed by atoms with Crippen LogP contribution in [0.15, 0.2) is 41.4 Å². The van der Waals surface area contributed by atoms with Crippen molar-refractivity contribution in [2.75, 3.05) is 6.54 Å². The van der Waals surface area contributed by atoms with Crippen LogP contribution in [0.2, 0.25) is 0 Å². The molecule has 0 spiro atoms. The van der Waals surface area contributed by atoms with E-state index in [0.29, 0.717) is 0 Å². The average molecular weight is 199 g/mol. The third-order valence-corrected chi connectivity index (χ3v) is 2.32. The van der Waals surface area contributed by atoms with E-state index in [1.807, 2.05) is 30.3 Å². The van der Waals surface area contributed by atoms with Crippen LogP contribution in [0.3, 0.4) is 0 Å². The summed E-state index contributed by atoms with van der Waals surface area (Å²) >= 11 is 0. The van der Waals surface area contributed by atoms with Crippen molar-refractivity contribution in [1.82, 2.24) is 0 Å². The van der Waals surface area contributed by atoms with E-state index in [4.69, 9.17) is 11.1 Å². The van der Waals surface area contributed by atoms with Gasteiger partial charge in [0.05, 0.1) is 5.71 Å². The van der Waals surface area contributed by atoms with Gasteiger partial charge in [0.2, 0.25) is 0 Å². The number of nitrogens with one attached hydrogen (secondary N) is 1. The van der Waals surface area contributed by atoms with Crippen molar-refractivity contribution in [3.8, 4) is 0 Å². The molecule has 0 aromatic heterocycles. The van der Waals surface area contributed by atoms with E-state index in [0.717, 1.165) is 29.8 Å². The number of nitrogen functional groups attached to an aromatic ring is 1. The van der Waals surface area contributed by atoms with Crippen molar-refractivity contribution in [2.45, 2.75) is 6.42 Å². The lowest BCUT2D eigenvalue weighted by Crippen LogP contribution is -2.12. The Kier molecular flexibility index (Phi) is 2.63. The van der Waals surface area contributed by atoms with Gasteiger partial charge < -0.3 is 5.73 Å². The second kappa shape index (κ2) is 4.09. The second-order valence-corrected chi connectivity index (χ2v) is 3.45. The van der Waals surface area contributed by atoms with Gasteiger partial charge in [-0.25, -0.2) is 0 Å². The molecular weight excluding hydrogens is 186 g/mol. The molecule has 15 heavy (non-hydrogen) atoms. The molecule has 1 heterocycles. The van der Waals surface area contributed by atoms with Crippen LogP contribution in [0.5, 0.6) is 0 Å². The molecular formula is C12H13N3. The maximum absolute atomic E-state index is 7.37. The zero-order valence-corrected chi connectivity index (χ0v) is 8.40. The maximum Gasteiger partial charge on any atom is 0.122 e. The van der Waals surface area contributed by atoms with Crippen LogP contribution in [0, 0.1) is 5.41 Å². The number of benzene rings is 1. The lowest BCUT2D eigenvalue weighted by molar-refractivity contribution is 0.994. The van der Waals surface area contributed by atoms with Gasteiger partial charge in [0.25, 0.3) is 0 Å². The Morgan fingerprint density at radius 2 is 2.27 bits per heavy atom. The van der Waals surface area contributed by atoms with Gasteiger partial charge in [-0.2, -0.15) is 0 Å². The smallest absolute Gasteiger partial charge is 0.122 e. The first-order chi connectivity index (χ1) is 7.27. The lowest BCUT2D eigenvalue weighted by atomic mass is 10.0. The van der Waals surface area contributed by atoms with Gasteiger partial charge in [0.1, 0.15) is 5.84 Å². The number of aliphatic imine (C=N–C) groups is 1. The van der Waals surface area contributed by atoms with E-state index >= 15 is 0 Å². The topological polar surface area (TPSA) is 62.2 Å². The summed E-state index contributed by atoms with van der Waals surface area (Å²) in [5, 5.41) is 7.37. The average Bonchev–Trinajstić information content (AvgIpc) is 2.30. The Labute approximate surface area is 88.8 Å². The van der Waals surface area contributed by atoms with Crippen LogP contribution < -0.4 is 5.73 Å². The summed E-state index contributed by atoms with van der Waals surface area (Å²) in [6, 6.07) is 7.62. The first kappa shape index (κ1) is 9.65. The van der Waals surface area contributed by atoms with E-state index in [9.17, 15) is 0 Å². The Hall–Kier alpha value is -1.90. The molecule has 0 atom stereocenters. The lowest BCUT2D eigenvalue weighted by Gasteiger charge is -2.07. The molecule has 76 valence electrons. The molecule has 2 rings (SSSR count). The Balaban J connectivity index is 2.36. The first-order valence-electron chi connectivity index (χ1n) is 4.93. The van der Waals surface area contributed by atoms with Gasteiger partial charge in [0, 0.05) is 17.7 Å². The van der Waals surface area contributed by atoms with Crippen molar-refractivity contribution in [2.24, 2.45) is 10.7 Å². The highest BCUT2D eigenvalue weighted by Gasteiger charge is 2.04. The molecule has 0 unspecified atom stereocenters. The van der Waals surface area contributed by atoms with Gasteiger partial charge in [-0.3, -0.25) is 10.4 Å². The number of rotatable bonds is 2. The molecule has 0 fully saturated rings. The van der Waals surface area contributed by atoms with Gasteiger partial charge in [-0.15, -0.1) is 0 Å². The Morgan fingerprint density at radius 1 is 1.40 bits per heavy atom. The molecule has 1 aliphatic rings. The number of allylic oxidation sites excluding steroid dienone is 1. The summed E-state index contributed by atoms with van der Waals surface area (Å²) in [6.45, 7) is 0.843. The number of hydrogen-bond donors (Lipinski definition) is 2. The van der Waals surface area contributed by atoms with E-state index in [-0.39, 0.29) is 5.84 Å². The molecule has 0 amide bonds. The SMILES string of the molecule is N=C(N)c1cccc(C2=NCCC=C2)c1. The predicted octanol–water partition coefficient (Wildman–Crippen LogP) is 1.72. The number of nitrogens with two attached hydrogens (primary N) is 1. The van der Waals surface area contributed by atoms with Crippen LogP contribution in [-0.4, -0.2) is 18.1 Å². The number of amidine groups is 1. The minimum absolute atomic E-state index is 0.0947. The number of nitrogens with zero attached hydrogens (tertiary/aromatic N) is 1. The van der Waals surface area contributed by atoms with Gasteiger partial charge in [-0.1, -0.05) is 24.3 Å². The fourth-order valence-electron chi connectivity index (χ4n) is 1.54. The fourth-order valence-corrected chi connectivity index (χ4v) is 1.54. The normalized spacial score (nSPS) is 14.8. The molecule has 1 aromatic carbocycles. The Bertz CT molecular complexity index is 444. The van der Waals surface area contributed by atoms with Crippen molar-refractivity contribution >= 4 is 11.5 Å². The van der Waals surface area contributed by atoms with Crippen LogP contribution in [-0.2, 0) is 0 Å². The minimum Gasteiger partial charge on any atom is -0.384 e. The van der Waals surface area contributed by atoms with Gasteiger partial charge >= 0.3 is 0 Å². The summed E-state index contributed by atoms with van der Waals surface area (Å²) in [5.41, 5.74) is 8.18. The maximum atomic E-state index is 7.37. The highest BCUT2D eigenvalue weighted by Crippen LogP contribution is 2.10. The summed E-state index contributed by atoms with van der Waals surface area (Å²) in [7, 11) is 0. The van der Waals surface area contributed by atoms with Crippen LogP contribution in [0.1, 0.15) is 17.5 Å². The monoisotopic (exact) mass is 199 g/mol. The predicted molar refractivity (Wildman–Crippen MR) is 62.6 cm³/mol. The fraction of sp³-hybridized carbons (Fsp3) is 0.167. The van der Waals surface area contributed by atoms with E-state index in [2.05, 4.69) is 11.1 Å². The highest BCUT2D eigenvalue weighted by atomic mass is 14.7. The van der Waals surface area contributed by atoms with Crippen LogP contribution >= 0.6 is 0 Å². The molecule has 1 aliphatic heterocycles. The first-order valence-corrected chi connectivity index (χ1v) is 4.93. The number of hydrogen-bond acceptors (Lipinski definition) is 2. The molecule has 0 saturated carbocycles. The van der Waals surface area contributed by atoms with Crippen molar-refractivity contribution in [1.29, 1.82) is 5.41 Å². The molecule has 3 N–H and O–H groups in total.